The second kappa shape index (κ2) is 8.44. The molecule has 3 rings (SSSR count). The van der Waals surface area contributed by atoms with Crippen LogP contribution in [0, 0.1) is 5.41 Å². The third-order valence-electron chi connectivity index (χ3n) is 4.61. The van der Waals surface area contributed by atoms with Gasteiger partial charge in [-0.1, -0.05) is 32.4 Å². The number of aromatic nitrogens is 4. The molecule has 1 aliphatic heterocycles. The highest BCUT2D eigenvalue weighted by Crippen LogP contribution is 2.24. The number of aliphatic hydroxyl groups excluding tert-OH is 1. The van der Waals surface area contributed by atoms with Crippen molar-refractivity contribution in [2.24, 2.45) is 5.41 Å². The summed E-state index contributed by atoms with van der Waals surface area (Å²) >= 11 is 6.09. The Kier molecular flexibility index (Phi) is 6.15. The number of ether oxygens (including phenoxy) is 1. The van der Waals surface area contributed by atoms with Gasteiger partial charge >= 0.3 is 0 Å². The van der Waals surface area contributed by atoms with Gasteiger partial charge in [0, 0.05) is 11.6 Å². The molecule has 156 valence electrons. The first-order chi connectivity index (χ1) is 13.7. The van der Waals surface area contributed by atoms with Crippen molar-refractivity contribution in [2.45, 2.75) is 39.5 Å². The van der Waals surface area contributed by atoms with Crippen LogP contribution in [0.15, 0.2) is 24.5 Å². The van der Waals surface area contributed by atoms with Crippen molar-refractivity contribution >= 4 is 23.4 Å². The molecule has 0 bridgehead atoms. The predicted octanol–water partition coefficient (Wildman–Crippen LogP) is 0.524. The maximum absolute atomic E-state index is 12.7. The quantitative estimate of drug-likeness (QED) is 0.720. The van der Waals surface area contributed by atoms with Crippen LogP contribution >= 0.6 is 11.6 Å². The highest BCUT2D eigenvalue weighted by atomic mass is 35.5. The van der Waals surface area contributed by atoms with E-state index in [9.17, 15) is 14.7 Å². The second-order valence-corrected chi connectivity index (χ2v) is 8.27. The fourth-order valence-corrected chi connectivity index (χ4v) is 3.09. The molecule has 11 heteroatoms. The van der Waals surface area contributed by atoms with Crippen molar-refractivity contribution in [3.05, 3.63) is 35.1 Å². The van der Waals surface area contributed by atoms with Gasteiger partial charge in [0.05, 0.1) is 12.3 Å². The first-order valence-electron chi connectivity index (χ1n) is 9.04. The number of hydrogen-bond acceptors (Lipinski definition) is 7. The fourth-order valence-electron chi connectivity index (χ4n) is 2.90. The van der Waals surface area contributed by atoms with Crippen LogP contribution < -0.4 is 5.32 Å². The third-order valence-corrected chi connectivity index (χ3v) is 4.85. The van der Waals surface area contributed by atoms with Gasteiger partial charge in [-0.2, -0.15) is 0 Å². The molecule has 29 heavy (non-hydrogen) atoms. The van der Waals surface area contributed by atoms with E-state index in [1.165, 1.54) is 15.9 Å². The Morgan fingerprint density at radius 2 is 2.17 bits per heavy atom. The van der Waals surface area contributed by atoms with Gasteiger partial charge in [0.1, 0.15) is 25.2 Å². The molecule has 2 atom stereocenters. The van der Waals surface area contributed by atoms with Gasteiger partial charge in [-0.05, 0) is 39.6 Å². The van der Waals surface area contributed by atoms with Crippen LogP contribution in [0.5, 0.6) is 0 Å². The fraction of sp³-hybridized carbons (Fsp3) is 0.500. The SMILES string of the molecule is CC(C)(C)[C@@H](O)C(=O)N1COC[C@H]1C(=O)NCc1cc(Cl)ccc1-n1cnnn1. The molecular weight excluding hydrogens is 400 g/mol. The van der Waals surface area contributed by atoms with Crippen molar-refractivity contribution in [2.75, 3.05) is 13.3 Å². The molecule has 0 unspecified atom stereocenters. The molecule has 2 heterocycles. The Hall–Kier alpha value is -2.56. The van der Waals surface area contributed by atoms with Crippen molar-refractivity contribution in [1.29, 1.82) is 0 Å². The van der Waals surface area contributed by atoms with E-state index < -0.39 is 23.5 Å². The Morgan fingerprint density at radius 1 is 1.41 bits per heavy atom. The van der Waals surface area contributed by atoms with Crippen LogP contribution in [0.2, 0.25) is 5.02 Å². The minimum atomic E-state index is -1.24. The molecule has 1 fully saturated rings. The van der Waals surface area contributed by atoms with Crippen molar-refractivity contribution < 1.29 is 19.4 Å². The lowest BCUT2D eigenvalue weighted by atomic mass is 9.88. The zero-order chi connectivity index (χ0) is 21.2. The summed E-state index contributed by atoms with van der Waals surface area (Å²) in [5, 5.41) is 24.7. The first kappa shape index (κ1) is 21.2. The average molecular weight is 423 g/mol. The van der Waals surface area contributed by atoms with Gasteiger partial charge in [-0.25, -0.2) is 4.68 Å². The Labute approximate surface area is 172 Å². The number of benzene rings is 1. The van der Waals surface area contributed by atoms with Crippen LogP contribution in [0.25, 0.3) is 5.69 Å². The van der Waals surface area contributed by atoms with E-state index in [0.717, 1.165) is 0 Å². The molecule has 1 saturated heterocycles. The topological polar surface area (TPSA) is 122 Å². The molecule has 1 aliphatic rings. The number of hydrogen-bond donors (Lipinski definition) is 2. The summed E-state index contributed by atoms with van der Waals surface area (Å²) in [6, 6.07) is 4.32. The van der Waals surface area contributed by atoms with Crippen molar-refractivity contribution in [3.8, 4) is 5.69 Å². The summed E-state index contributed by atoms with van der Waals surface area (Å²) in [7, 11) is 0. The number of carbonyl (C=O) groups is 2. The Bertz CT molecular complexity index is 883. The molecule has 2 aromatic rings. The maximum atomic E-state index is 12.7. The highest BCUT2D eigenvalue weighted by molar-refractivity contribution is 6.30. The molecule has 1 aromatic carbocycles. The number of nitrogens with zero attached hydrogens (tertiary/aromatic N) is 5. The lowest BCUT2D eigenvalue weighted by Gasteiger charge is -2.30. The number of aliphatic hydroxyl groups is 1. The van der Waals surface area contributed by atoms with E-state index in [2.05, 4.69) is 20.8 Å². The zero-order valence-corrected chi connectivity index (χ0v) is 17.1. The van der Waals surface area contributed by atoms with Crippen LogP contribution in [-0.2, 0) is 20.9 Å². The van der Waals surface area contributed by atoms with Crippen molar-refractivity contribution in [3.63, 3.8) is 0 Å². The summed E-state index contributed by atoms with van der Waals surface area (Å²) in [4.78, 5) is 26.6. The molecule has 0 saturated carbocycles. The molecular formula is C18H23ClN6O4. The molecule has 0 aliphatic carbocycles. The predicted molar refractivity (Wildman–Crippen MR) is 103 cm³/mol. The summed E-state index contributed by atoms with van der Waals surface area (Å²) in [5.41, 5.74) is 0.713. The monoisotopic (exact) mass is 422 g/mol. The molecule has 2 amide bonds. The van der Waals surface area contributed by atoms with Crippen LogP contribution in [0.1, 0.15) is 26.3 Å². The van der Waals surface area contributed by atoms with Gasteiger partial charge in [0.2, 0.25) is 5.91 Å². The number of carbonyl (C=O) groups excluding carboxylic acids is 2. The largest absolute Gasteiger partial charge is 0.383 e. The van der Waals surface area contributed by atoms with E-state index in [1.807, 2.05) is 0 Å². The summed E-state index contributed by atoms with van der Waals surface area (Å²) < 4.78 is 6.77. The van der Waals surface area contributed by atoms with Crippen LogP contribution in [-0.4, -0.2) is 67.5 Å². The van der Waals surface area contributed by atoms with Crippen molar-refractivity contribution in [1.82, 2.24) is 30.4 Å². The highest BCUT2D eigenvalue weighted by Gasteiger charge is 2.40. The van der Waals surface area contributed by atoms with Gasteiger partial charge in [0.25, 0.3) is 5.91 Å². The summed E-state index contributed by atoms with van der Waals surface area (Å²) in [6.45, 7) is 5.42. The van der Waals surface area contributed by atoms with Crippen LogP contribution in [0.3, 0.4) is 0 Å². The lowest BCUT2D eigenvalue weighted by Crippen LogP contribution is -2.52. The van der Waals surface area contributed by atoms with Gasteiger partial charge in [-0.3, -0.25) is 9.59 Å². The summed E-state index contributed by atoms with van der Waals surface area (Å²) in [6.07, 6.45) is 0.201. The number of nitrogens with one attached hydrogen (secondary N) is 1. The molecule has 0 radical (unpaired) electrons. The molecule has 1 aromatic heterocycles. The number of halogens is 1. The Balaban J connectivity index is 1.71. The first-order valence-corrected chi connectivity index (χ1v) is 9.42. The number of rotatable bonds is 5. The van der Waals surface area contributed by atoms with Gasteiger partial charge in [0.15, 0.2) is 0 Å². The maximum Gasteiger partial charge on any atom is 0.254 e. The standard InChI is InChI=1S/C18H23ClN6O4/c1-18(2,3)15(26)17(28)24-10-29-8-14(24)16(27)20-7-11-6-12(19)4-5-13(11)25-9-21-22-23-25/h4-6,9,14-15,26H,7-8,10H2,1-3H3,(H,20,27)/t14-,15-/m0/s1. The molecule has 0 spiro atoms. The van der Waals surface area contributed by atoms with E-state index in [0.29, 0.717) is 16.3 Å². The Morgan fingerprint density at radius 3 is 2.83 bits per heavy atom. The van der Waals surface area contributed by atoms with E-state index in [4.69, 9.17) is 16.3 Å². The lowest BCUT2D eigenvalue weighted by molar-refractivity contribution is -0.150. The number of amides is 2. The van der Waals surface area contributed by atoms with E-state index in [-0.39, 0.29) is 25.8 Å². The van der Waals surface area contributed by atoms with Gasteiger partial charge in [-0.15, -0.1) is 5.10 Å². The average Bonchev–Trinajstić information content (AvgIpc) is 3.36. The molecule has 10 nitrogen and oxygen atoms in total. The van der Waals surface area contributed by atoms with Gasteiger partial charge < -0.3 is 20.1 Å². The third kappa shape index (κ3) is 4.72. The minimum absolute atomic E-state index is 0.0445. The van der Waals surface area contributed by atoms with Crippen LogP contribution in [0.4, 0.5) is 0 Å². The minimum Gasteiger partial charge on any atom is -0.383 e. The molecule has 2 N–H and O–H groups in total. The second-order valence-electron chi connectivity index (χ2n) is 7.84. The van der Waals surface area contributed by atoms with E-state index in [1.54, 1.807) is 39.0 Å². The number of tetrazole rings is 1. The van der Waals surface area contributed by atoms with E-state index >= 15 is 0 Å². The normalized spacial score (nSPS) is 18.0. The zero-order valence-electron chi connectivity index (χ0n) is 16.4. The smallest absolute Gasteiger partial charge is 0.254 e. The summed E-state index contributed by atoms with van der Waals surface area (Å²) in [5.74, 6) is -0.924.